The van der Waals surface area contributed by atoms with Crippen molar-refractivity contribution >= 4 is 17.1 Å². The SMILES string of the molecule is c1ccc(-c2ccc(-c3cccc(N(c4ccc5c(c4)Oc4c(ccc6c4-c4ccccc4C64c6ccccc6-c6ccccc64)O5)c4ccccc4-c4ccccc4)c3)cc2)cc1. The van der Waals surface area contributed by atoms with Crippen molar-refractivity contribution in [2.24, 2.45) is 0 Å². The van der Waals surface area contributed by atoms with Gasteiger partial charge in [-0.3, -0.25) is 0 Å². The van der Waals surface area contributed by atoms with Crippen LogP contribution in [-0.2, 0) is 5.41 Å². The maximum atomic E-state index is 7.22. The molecular formula is C61H39NO2. The summed E-state index contributed by atoms with van der Waals surface area (Å²) in [5.74, 6) is 2.80. The van der Waals surface area contributed by atoms with E-state index in [2.05, 4.69) is 235 Å². The first-order chi connectivity index (χ1) is 31.7. The maximum Gasteiger partial charge on any atom is 0.178 e. The van der Waals surface area contributed by atoms with Crippen LogP contribution in [0.3, 0.4) is 0 Å². The van der Waals surface area contributed by atoms with E-state index >= 15 is 0 Å². The second kappa shape index (κ2) is 14.3. The third-order valence-electron chi connectivity index (χ3n) is 13.4. The molecule has 3 aliphatic rings. The summed E-state index contributed by atoms with van der Waals surface area (Å²) >= 11 is 0. The van der Waals surface area contributed by atoms with Gasteiger partial charge in [0.2, 0.25) is 0 Å². The lowest BCUT2D eigenvalue weighted by Crippen LogP contribution is -2.25. The Kier molecular flexibility index (Phi) is 8.13. The van der Waals surface area contributed by atoms with Gasteiger partial charge in [-0.05, 0) is 103 Å². The van der Waals surface area contributed by atoms with Crippen molar-refractivity contribution in [2.75, 3.05) is 4.90 Å². The number of hydrogen-bond donors (Lipinski definition) is 0. The highest BCUT2D eigenvalue weighted by atomic mass is 16.6. The quantitative estimate of drug-likeness (QED) is 0.167. The van der Waals surface area contributed by atoms with Gasteiger partial charge in [0.1, 0.15) is 0 Å². The minimum absolute atomic E-state index is 0.482. The van der Waals surface area contributed by atoms with Gasteiger partial charge in [0.25, 0.3) is 0 Å². The summed E-state index contributed by atoms with van der Waals surface area (Å²) < 4.78 is 14.0. The summed E-state index contributed by atoms with van der Waals surface area (Å²) in [5, 5.41) is 0. The molecular weight excluding hydrogens is 779 g/mol. The van der Waals surface area contributed by atoms with Crippen LogP contribution >= 0.6 is 0 Å². The van der Waals surface area contributed by atoms with Crippen LogP contribution in [0.2, 0.25) is 0 Å². The standard InChI is InChI=1S/C61H39NO2/c1-3-16-40(17-4-1)41-30-32-42(33-31-41)44-20-15-21-45(38-44)62(55-29-14-10-22-47(55)43-18-5-2-6-19-43)46-34-36-56-58(39-46)64-60-57(63-56)37-35-54-59(60)50-25-9-13-28-53(50)61(54)51-26-11-7-23-48(51)49-24-8-12-27-52(49)61/h1-39H. The Morgan fingerprint density at radius 3 is 1.52 bits per heavy atom. The van der Waals surface area contributed by atoms with Crippen LogP contribution in [0.1, 0.15) is 22.3 Å². The van der Waals surface area contributed by atoms with Gasteiger partial charge in [-0.1, -0.05) is 194 Å². The predicted molar refractivity (Wildman–Crippen MR) is 260 cm³/mol. The molecule has 300 valence electrons. The van der Waals surface area contributed by atoms with E-state index in [1.807, 2.05) is 6.07 Å². The number of fused-ring (bicyclic) bond motifs is 13. The summed E-state index contributed by atoms with van der Waals surface area (Å²) in [5.41, 5.74) is 19.3. The van der Waals surface area contributed by atoms with E-state index in [0.29, 0.717) is 17.2 Å². The number of para-hydroxylation sites is 1. The number of hydrogen-bond acceptors (Lipinski definition) is 3. The zero-order chi connectivity index (χ0) is 42.2. The number of benzene rings is 10. The third kappa shape index (κ3) is 5.41. The fourth-order valence-electron chi connectivity index (χ4n) is 10.6. The molecule has 0 aromatic heterocycles. The summed E-state index contributed by atoms with van der Waals surface area (Å²) in [4.78, 5) is 2.34. The van der Waals surface area contributed by atoms with Crippen molar-refractivity contribution in [1.29, 1.82) is 0 Å². The zero-order valence-corrected chi connectivity index (χ0v) is 34.8. The number of rotatable bonds is 6. The van der Waals surface area contributed by atoms with Crippen LogP contribution in [0.5, 0.6) is 23.0 Å². The molecule has 0 radical (unpaired) electrons. The molecule has 0 saturated carbocycles. The predicted octanol–water partition coefficient (Wildman–Crippen LogP) is 16.4. The van der Waals surface area contributed by atoms with E-state index in [-0.39, 0.29) is 0 Å². The highest BCUT2D eigenvalue weighted by Gasteiger charge is 2.53. The third-order valence-corrected chi connectivity index (χ3v) is 13.4. The molecule has 0 bridgehead atoms. The Bertz CT molecular complexity index is 3400. The summed E-state index contributed by atoms with van der Waals surface area (Å²) in [6.07, 6.45) is 0. The molecule has 0 N–H and O–H groups in total. The number of nitrogens with zero attached hydrogens (tertiary/aromatic N) is 1. The minimum atomic E-state index is -0.482. The molecule has 0 atom stereocenters. The molecule has 0 amide bonds. The molecule has 1 spiro atoms. The number of ether oxygens (including phenoxy) is 2. The van der Waals surface area contributed by atoms with Gasteiger partial charge < -0.3 is 14.4 Å². The lowest BCUT2D eigenvalue weighted by Gasteiger charge is -2.31. The van der Waals surface area contributed by atoms with Gasteiger partial charge in [-0.25, -0.2) is 0 Å². The summed E-state index contributed by atoms with van der Waals surface area (Å²) in [6.45, 7) is 0. The molecule has 1 heterocycles. The van der Waals surface area contributed by atoms with E-state index in [1.165, 1.54) is 44.5 Å². The lowest BCUT2D eigenvalue weighted by atomic mass is 9.70. The zero-order valence-electron chi connectivity index (χ0n) is 34.8. The first kappa shape index (κ1) is 36.3. The summed E-state index contributed by atoms with van der Waals surface area (Å²) in [6, 6.07) is 84.7. The molecule has 64 heavy (non-hydrogen) atoms. The van der Waals surface area contributed by atoms with Crippen molar-refractivity contribution in [3.8, 4) is 78.6 Å². The lowest BCUT2D eigenvalue weighted by molar-refractivity contribution is 0.360. The van der Waals surface area contributed by atoms with E-state index < -0.39 is 5.41 Å². The molecule has 3 heteroatoms. The van der Waals surface area contributed by atoms with Crippen LogP contribution in [0, 0.1) is 0 Å². The van der Waals surface area contributed by atoms with Crippen molar-refractivity contribution in [3.05, 3.63) is 259 Å². The molecule has 10 aromatic carbocycles. The Morgan fingerprint density at radius 2 is 0.812 bits per heavy atom. The van der Waals surface area contributed by atoms with Gasteiger partial charge in [-0.15, -0.1) is 0 Å². The average Bonchev–Trinajstić information content (AvgIpc) is 3.84. The smallest absolute Gasteiger partial charge is 0.178 e. The van der Waals surface area contributed by atoms with Crippen molar-refractivity contribution in [1.82, 2.24) is 0 Å². The molecule has 0 saturated heterocycles. The van der Waals surface area contributed by atoms with E-state index in [0.717, 1.165) is 56.2 Å². The molecule has 1 aliphatic heterocycles. The number of anilines is 3. The largest absolute Gasteiger partial charge is 0.449 e. The molecule has 10 aromatic rings. The van der Waals surface area contributed by atoms with Gasteiger partial charge in [-0.2, -0.15) is 0 Å². The second-order valence-corrected chi connectivity index (χ2v) is 16.7. The van der Waals surface area contributed by atoms with Crippen LogP contribution in [0.25, 0.3) is 55.6 Å². The topological polar surface area (TPSA) is 21.7 Å². The van der Waals surface area contributed by atoms with Gasteiger partial charge in [0.05, 0.1) is 16.8 Å². The van der Waals surface area contributed by atoms with E-state index in [1.54, 1.807) is 0 Å². The first-order valence-corrected chi connectivity index (χ1v) is 21.9. The van der Waals surface area contributed by atoms with Gasteiger partial charge >= 0.3 is 0 Å². The van der Waals surface area contributed by atoms with Crippen molar-refractivity contribution in [2.45, 2.75) is 5.41 Å². The van der Waals surface area contributed by atoms with E-state index in [9.17, 15) is 0 Å². The van der Waals surface area contributed by atoms with Crippen LogP contribution in [-0.4, -0.2) is 0 Å². The Labute approximate surface area is 372 Å². The van der Waals surface area contributed by atoms with Gasteiger partial charge in [0.15, 0.2) is 23.0 Å². The average molecular weight is 818 g/mol. The Hall–Kier alpha value is -8.40. The normalized spacial score (nSPS) is 13.1. The van der Waals surface area contributed by atoms with E-state index in [4.69, 9.17) is 9.47 Å². The van der Waals surface area contributed by atoms with Crippen molar-refractivity contribution < 1.29 is 9.47 Å². The highest BCUT2D eigenvalue weighted by molar-refractivity contribution is 5.98. The molecule has 2 aliphatic carbocycles. The maximum absolute atomic E-state index is 7.22. The fourth-order valence-corrected chi connectivity index (χ4v) is 10.6. The summed E-state index contributed by atoms with van der Waals surface area (Å²) in [7, 11) is 0. The molecule has 13 rings (SSSR count). The minimum Gasteiger partial charge on any atom is -0.449 e. The van der Waals surface area contributed by atoms with Gasteiger partial charge in [0, 0.05) is 22.9 Å². The molecule has 0 fully saturated rings. The van der Waals surface area contributed by atoms with Crippen LogP contribution < -0.4 is 14.4 Å². The molecule has 3 nitrogen and oxygen atoms in total. The first-order valence-electron chi connectivity index (χ1n) is 21.9. The van der Waals surface area contributed by atoms with Crippen LogP contribution in [0.4, 0.5) is 17.1 Å². The Morgan fingerprint density at radius 1 is 0.297 bits per heavy atom. The molecule has 0 unspecified atom stereocenters. The second-order valence-electron chi connectivity index (χ2n) is 16.7. The van der Waals surface area contributed by atoms with Crippen molar-refractivity contribution in [3.63, 3.8) is 0 Å². The Balaban J connectivity index is 0.955. The van der Waals surface area contributed by atoms with Crippen LogP contribution in [0.15, 0.2) is 237 Å². The highest BCUT2D eigenvalue weighted by Crippen LogP contribution is 2.66. The fraction of sp³-hybridized carbons (Fsp3) is 0.0164. The monoisotopic (exact) mass is 817 g/mol.